The van der Waals surface area contributed by atoms with Gasteiger partial charge in [0.2, 0.25) is 5.91 Å². The number of carbonyl (C=O) groups excluding carboxylic acids is 2. The first kappa shape index (κ1) is 23.7. The van der Waals surface area contributed by atoms with Gasteiger partial charge in [-0.05, 0) is 60.9 Å². The molecule has 0 saturated heterocycles. The second-order valence-electron chi connectivity index (χ2n) is 7.02. The molecule has 2 aromatic rings. The van der Waals surface area contributed by atoms with E-state index in [2.05, 4.69) is 15.8 Å². The number of carbonyl (C=O) groups is 2. The van der Waals surface area contributed by atoms with E-state index in [4.69, 9.17) is 14.2 Å². The van der Waals surface area contributed by atoms with E-state index in [1.807, 2.05) is 6.92 Å². The van der Waals surface area contributed by atoms with Gasteiger partial charge in [0.25, 0.3) is 5.91 Å². The van der Waals surface area contributed by atoms with E-state index < -0.39 is 17.7 Å². The molecule has 1 unspecified atom stereocenters. The fraction of sp³-hybridized carbons (Fsp3) is 0.348. The van der Waals surface area contributed by atoms with Gasteiger partial charge in [-0.25, -0.2) is 5.43 Å². The Hall–Kier alpha value is -3.55. The Morgan fingerprint density at radius 1 is 1.00 bits per heavy atom. The summed E-state index contributed by atoms with van der Waals surface area (Å²) >= 11 is 0. The van der Waals surface area contributed by atoms with Crippen LogP contribution in [-0.2, 0) is 9.59 Å². The summed E-state index contributed by atoms with van der Waals surface area (Å²) < 4.78 is 15.9. The van der Waals surface area contributed by atoms with Crippen molar-refractivity contribution in [2.45, 2.75) is 20.8 Å². The molecule has 0 radical (unpaired) electrons. The molecule has 0 bridgehead atoms. The normalized spacial score (nSPS) is 11.8. The zero-order valence-corrected chi connectivity index (χ0v) is 18.5. The van der Waals surface area contributed by atoms with Gasteiger partial charge in [-0.2, -0.15) is 5.10 Å². The number of rotatable bonds is 10. The van der Waals surface area contributed by atoms with E-state index in [9.17, 15) is 9.59 Å². The topological polar surface area (TPSA) is 98.2 Å². The lowest BCUT2D eigenvalue weighted by molar-refractivity contribution is -0.134. The molecule has 2 amide bonds. The zero-order valence-electron chi connectivity index (χ0n) is 18.5. The lowest BCUT2D eigenvalue weighted by atomic mass is 9.94. The molecule has 0 aliphatic heterocycles. The predicted octanol–water partition coefficient (Wildman–Crippen LogP) is 3.46. The highest BCUT2D eigenvalue weighted by Crippen LogP contribution is 2.27. The molecule has 31 heavy (non-hydrogen) atoms. The second-order valence-corrected chi connectivity index (χ2v) is 7.02. The first-order valence-electron chi connectivity index (χ1n) is 9.98. The molecular formula is C23H29N3O5. The number of hydrogen-bond donors (Lipinski definition) is 2. The third-order valence-electron chi connectivity index (χ3n) is 4.47. The van der Waals surface area contributed by atoms with E-state index in [1.54, 1.807) is 70.5 Å². The lowest BCUT2D eigenvalue weighted by Gasteiger charge is -2.18. The molecule has 0 aromatic heterocycles. The van der Waals surface area contributed by atoms with Crippen molar-refractivity contribution in [1.29, 1.82) is 0 Å². The number of anilines is 1. The Balaban J connectivity index is 2.04. The van der Waals surface area contributed by atoms with Crippen LogP contribution >= 0.6 is 0 Å². The monoisotopic (exact) mass is 427 g/mol. The summed E-state index contributed by atoms with van der Waals surface area (Å²) in [5.41, 5.74) is 3.75. The third kappa shape index (κ3) is 6.74. The fourth-order valence-corrected chi connectivity index (χ4v) is 2.90. The molecule has 0 aliphatic rings. The van der Waals surface area contributed by atoms with E-state index in [0.717, 1.165) is 0 Å². The minimum atomic E-state index is -0.908. The van der Waals surface area contributed by atoms with Gasteiger partial charge in [0.05, 0.1) is 27.0 Å². The highest BCUT2D eigenvalue weighted by atomic mass is 16.5. The highest BCUT2D eigenvalue weighted by molar-refractivity contribution is 6.06. The van der Waals surface area contributed by atoms with Crippen molar-refractivity contribution in [3.05, 3.63) is 48.0 Å². The van der Waals surface area contributed by atoms with Crippen LogP contribution in [0.25, 0.3) is 0 Å². The molecule has 2 aromatic carbocycles. The van der Waals surface area contributed by atoms with Crippen molar-refractivity contribution in [3.63, 3.8) is 0 Å². The van der Waals surface area contributed by atoms with Crippen molar-refractivity contribution in [2.75, 3.05) is 26.1 Å². The van der Waals surface area contributed by atoms with Gasteiger partial charge < -0.3 is 19.5 Å². The summed E-state index contributed by atoms with van der Waals surface area (Å²) in [6.07, 6.45) is 1.48. The number of benzene rings is 2. The lowest BCUT2D eigenvalue weighted by Crippen LogP contribution is -2.39. The van der Waals surface area contributed by atoms with E-state index in [0.29, 0.717) is 35.1 Å². The summed E-state index contributed by atoms with van der Waals surface area (Å²) in [6.45, 7) is 5.98. The average Bonchev–Trinajstić information content (AvgIpc) is 2.74. The van der Waals surface area contributed by atoms with Gasteiger partial charge >= 0.3 is 0 Å². The first-order valence-corrected chi connectivity index (χ1v) is 9.98. The maximum atomic E-state index is 12.7. The molecule has 8 nitrogen and oxygen atoms in total. The summed E-state index contributed by atoms with van der Waals surface area (Å²) in [4.78, 5) is 25.3. The smallest absolute Gasteiger partial charge is 0.252 e. The van der Waals surface area contributed by atoms with Crippen LogP contribution in [0.3, 0.4) is 0 Å². The molecule has 0 saturated carbocycles. The van der Waals surface area contributed by atoms with Crippen LogP contribution in [0.5, 0.6) is 17.2 Å². The number of ether oxygens (including phenoxy) is 3. The molecule has 0 spiro atoms. The zero-order chi connectivity index (χ0) is 22.8. The molecule has 2 N–H and O–H groups in total. The third-order valence-corrected chi connectivity index (χ3v) is 4.47. The molecule has 2 rings (SSSR count). The van der Waals surface area contributed by atoms with Crippen LogP contribution in [-0.4, -0.2) is 38.9 Å². The fourth-order valence-electron chi connectivity index (χ4n) is 2.90. The number of nitrogens with one attached hydrogen (secondary N) is 2. The molecular weight excluding hydrogens is 398 g/mol. The summed E-state index contributed by atoms with van der Waals surface area (Å²) in [6, 6.07) is 12.2. The van der Waals surface area contributed by atoms with Gasteiger partial charge in [-0.15, -0.1) is 0 Å². The molecule has 166 valence electrons. The second kappa shape index (κ2) is 11.6. The summed E-state index contributed by atoms with van der Waals surface area (Å²) in [5, 5.41) is 6.76. The van der Waals surface area contributed by atoms with Crippen molar-refractivity contribution in [2.24, 2.45) is 16.9 Å². The van der Waals surface area contributed by atoms with Crippen LogP contribution in [0.15, 0.2) is 47.6 Å². The van der Waals surface area contributed by atoms with Crippen LogP contribution in [0.4, 0.5) is 5.69 Å². The number of amides is 2. The van der Waals surface area contributed by atoms with Crippen LogP contribution in [0.1, 0.15) is 26.3 Å². The highest BCUT2D eigenvalue weighted by Gasteiger charge is 2.29. The number of hydrogen-bond acceptors (Lipinski definition) is 6. The Kier molecular flexibility index (Phi) is 8.87. The minimum Gasteiger partial charge on any atom is -0.497 e. The molecule has 0 fully saturated rings. The van der Waals surface area contributed by atoms with Crippen LogP contribution in [0.2, 0.25) is 0 Å². The predicted molar refractivity (Wildman–Crippen MR) is 120 cm³/mol. The average molecular weight is 428 g/mol. The van der Waals surface area contributed by atoms with Crippen molar-refractivity contribution in [3.8, 4) is 17.2 Å². The van der Waals surface area contributed by atoms with E-state index in [1.165, 1.54) is 6.21 Å². The maximum Gasteiger partial charge on any atom is 0.252 e. The quantitative estimate of drug-likeness (QED) is 0.344. The van der Waals surface area contributed by atoms with E-state index >= 15 is 0 Å². The maximum absolute atomic E-state index is 12.7. The van der Waals surface area contributed by atoms with Gasteiger partial charge in [-0.3, -0.25) is 9.59 Å². The molecule has 8 heteroatoms. The Morgan fingerprint density at radius 3 is 2.29 bits per heavy atom. The van der Waals surface area contributed by atoms with Crippen LogP contribution in [0, 0.1) is 11.8 Å². The van der Waals surface area contributed by atoms with E-state index in [-0.39, 0.29) is 5.92 Å². The van der Waals surface area contributed by atoms with Crippen molar-refractivity contribution in [1.82, 2.24) is 5.43 Å². The molecule has 1 atom stereocenters. The molecule has 0 heterocycles. The van der Waals surface area contributed by atoms with Gasteiger partial charge in [-0.1, -0.05) is 13.8 Å². The molecule has 0 aliphatic carbocycles. The van der Waals surface area contributed by atoms with Gasteiger partial charge in [0, 0.05) is 5.69 Å². The van der Waals surface area contributed by atoms with Gasteiger partial charge in [0.1, 0.15) is 11.7 Å². The number of hydrazone groups is 1. The Morgan fingerprint density at radius 2 is 1.71 bits per heavy atom. The Labute approximate surface area is 182 Å². The Bertz CT molecular complexity index is 910. The van der Waals surface area contributed by atoms with Crippen molar-refractivity contribution >= 4 is 23.7 Å². The summed E-state index contributed by atoms with van der Waals surface area (Å²) in [5.74, 6) is -0.159. The van der Waals surface area contributed by atoms with Crippen molar-refractivity contribution < 1.29 is 23.8 Å². The van der Waals surface area contributed by atoms with Gasteiger partial charge in [0.15, 0.2) is 11.5 Å². The summed E-state index contributed by atoms with van der Waals surface area (Å²) in [7, 11) is 3.13. The number of nitrogens with zero attached hydrogens (tertiary/aromatic N) is 1. The number of methoxy groups -OCH3 is 2. The van der Waals surface area contributed by atoms with Crippen LogP contribution < -0.4 is 25.0 Å². The largest absolute Gasteiger partial charge is 0.497 e. The standard InChI is InChI=1S/C23H29N3O5/c1-6-31-20-13-16(7-12-19(20)30-5)14-24-26-23(28)21(15(2)3)22(27)25-17-8-10-18(29-4)11-9-17/h7-15,21H,6H2,1-5H3,(H,25,27)(H,26,28). The first-order chi connectivity index (χ1) is 14.9. The SMILES string of the molecule is CCOc1cc(C=NNC(=O)C(C(=O)Nc2ccc(OC)cc2)C(C)C)ccc1OC. The minimum absolute atomic E-state index is 0.223.